The number of nitrogens with one attached hydrogen (secondary N) is 1. The lowest BCUT2D eigenvalue weighted by molar-refractivity contribution is -0.122. The van der Waals surface area contributed by atoms with Crippen molar-refractivity contribution in [1.29, 1.82) is 0 Å². The molecule has 0 spiro atoms. The fourth-order valence-corrected chi connectivity index (χ4v) is 4.76. The number of nitrogens with zero attached hydrogens (tertiary/aromatic N) is 2. The van der Waals surface area contributed by atoms with Gasteiger partial charge in [-0.1, -0.05) is 12.1 Å². The van der Waals surface area contributed by atoms with Gasteiger partial charge in [0.1, 0.15) is 6.61 Å². The Bertz CT molecular complexity index is 840. The molecule has 3 aliphatic rings. The van der Waals surface area contributed by atoms with Gasteiger partial charge in [0, 0.05) is 35.6 Å². The molecule has 1 N–H and O–H groups in total. The summed E-state index contributed by atoms with van der Waals surface area (Å²) < 4.78 is 5.81. The van der Waals surface area contributed by atoms with Crippen LogP contribution in [0.2, 0.25) is 0 Å². The Morgan fingerprint density at radius 2 is 2.33 bits per heavy atom. The van der Waals surface area contributed by atoms with Crippen LogP contribution < -0.4 is 0 Å². The van der Waals surface area contributed by atoms with Gasteiger partial charge in [-0.2, -0.15) is 0 Å². The molecule has 124 valence electrons. The number of piperidine rings is 1. The fraction of sp³-hybridized carbons (Fsp3) is 0.474. The van der Waals surface area contributed by atoms with E-state index < -0.39 is 0 Å². The molecule has 2 aliphatic heterocycles. The molecular formula is C19H21N3O2. The van der Waals surface area contributed by atoms with Crippen LogP contribution in [-0.2, 0) is 16.0 Å². The number of ether oxygens (including phenoxy) is 1. The van der Waals surface area contributed by atoms with Crippen LogP contribution >= 0.6 is 0 Å². The van der Waals surface area contributed by atoms with Gasteiger partial charge in [0.15, 0.2) is 5.90 Å². The number of H-pyrrole nitrogens is 1. The first kappa shape index (κ1) is 14.1. The average Bonchev–Trinajstić information content (AvgIpc) is 3.22. The number of aromatic amines is 1. The summed E-state index contributed by atoms with van der Waals surface area (Å²) in [5.74, 6) is 1.40. The van der Waals surface area contributed by atoms with E-state index >= 15 is 0 Å². The first-order chi connectivity index (χ1) is 11.7. The van der Waals surface area contributed by atoms with Crippen molar-refractivity contribution in [2.24, 2.45) is 10.9 Å². The van der Waals surface area contributed by atoms with Gasteiger partial charge in [0.25, 0.3) is 0 Å². The predicted octanol–water partition coefficient (Wildman–Crippen LogP) is 2.47. The molecule has 0 saturated carbocycles. The summed E-state index contributed by atoms with van der Waals surface area (Å²) >= 11 is 0. The van der Waals surface area contributed by atoms with E-state index in [1.54, 1.807) is 0 Å². The zero-order valence-electron chi connectivity index (χ0n) is 13.7. The van der Waals surface area contributed by atoms with E-state index in [1.807, 2.05) is 4.90 Å². The molecule has 5 rings (SSSR count). The molecule has 2 aromatic rings. The number of carbonyl (C=O) groups excluding carboxylic acids is 1. The van der Waals surface area contributed by atoms with Gasteiger partial charge in [-0.05, 0) is 37.0 Å². The summed E-state index contributed by atoms with van der Waals surface area (Å²) in [4.78, 5) is 21.8. The highest BCUT2D eigenvalue weighted by Gasteiger charge is 2.42. The highest BCUT2D eigenvalue weighted by atomic mass is 16.5. The summed E-state index contributed by atoms with van der Waals surface area (Å²) in [6.07, 6.45) is 5.05. The maximum Gasteiger partial charge on any atom is 0.210 e. The van der Waals surface area contributed by atoms with Crippen LogP contribution in [0.3, 0.4) is 0 Å². The monoisotopic (exact) mass is 323 g/mol. The highest BCUT2D eigenvalue weighted by Crippen LogP contribution is 2.44. The Labute approximate surface area is 140 Å². The SMILES string of the molecule is C[C@@H]1COC(C2C[C@@H]3c4cccc5[nH]cc(c45)C[C@H]3N(C=O)C2)=N1. The minimum Gasteiger partial charge on any atom is -0.478 e. The molecule has 5 nitrogen and oxygen atoms in total. The second-order valence-electron chi connectivity index (χ2n) is 7.32. The molecule has 1 aliphatic carbocycles. The zero-order chi connectivity index (χ0) is 16.3. The van der Waals surface area contributed by atoms with Gasteiger partial charge in [-0.25, -0.2) is 4.99 Å². The Balaban J connectivity index is 1.58. The van der Waals surface area contributed by atoms with Crippen LogP contribution in [0.25, 0.3) is 10.9 Å². The average molecular weight is 323 g/mol. The molecule has 1 amide bonds. The van der Waals surface area contributed by atoms with E-state index in [1.165, 1.54) is 22.0 Å². The number of aliphatic imine (C=N–C) groups is 1. The van der Waals surface area contributed by atoms with E-state index in [0.717, 1.165) is 25.1 Å². The van der Waals surface area contributed by atoms with E-state index in [4.69, 9.17) is 4.74 Å². The second kappa shape index (κ2) is 5.10. The molecule has 3 heterocycles. The topological polar surface area (TPSA) is 57.7 Å². The maximum absolute atomic E-state index is 11.8. The summed E-state index contributed by atoms with van der Waals surface area (Å²) in [6.45, 7) is 3.45. The van der Waals surface area contributed by atoms with Gasteiger partial charge in [-0.15, -0.1) is 0 Å². The minimum atomic E-state index is 0.206. The third-order valence-electron chi connectivity index (χ3n) is 5.81. The molecule has 1 unspecified atom stereocenters. The van der Waals surface area contributed by atoms with Crippen molar-refractivity contribution in [2.75, 3.05) is 13.2 Å². The molecule has 1 fully saturated rings. The lowest BCUT2D eigenvalue weighted by Crippen LogP contribution is -2.50. The van der Waals surface area contributed by atoms with Gasteiger partial charge in [0.05, 0.1) is 12.0 Å². The summed E-state index contributed by atoms with van der Waals surface area (Å²) in [6, 6.07) is 6.94. The third-order valence-corrected chi connectivity index (χ3v) is 5.81. The number of hydrogen-bond acceptors (Lipinski definition) is 3. The van der Waals surface area contributed by atoms with Crippen LogP contribution in [0.15, 0.2) is 29.4 Å². The number of hydrogen-bond donors (Lipinski definition) is 1. The maximum atomic E-state index is 11.8. The lowest BCUT2D eigenvalue weighted by Gasteiger charge is -2.45. The lowest BCUT2D eigenvalue weighted by atomic mass is 9.72. The van der Waals surface area contributed by atoms with Crippen molar-refractivity contribution in [2.45, 2.75) is 37.8 Å². The van der Waals surface area contributed by atoms with Crippen LogP contribution in [0.4, 0.5) is 0 Å². The molecule has 1 saturated heterocycles. The number of amides is 1. The van der Waals surface area contributed by atoms with Crippen LogP contribution in [0.1, 0.15) is 30.4 Å². The molecular weight excluding hydrogens is 302 g/mol. The fourth-order valence-electron chi connectivity index (χ4n) is 4.76. The first-order valence-corrected chi connectivity index (χ1v) is 8.75. The number of carbonyl (C=O) groups is 1. The van der Waals surface area contributed by atoms with Crippen molar-refractivity contribution in [3.63, 3.8) is 0 Å². The van der Waals surface area contributed by atoms with E-state index in [0.29, 0.717) is 19.1 Å². The Hall–Kier alpha value is -2.30. The highest BCUT2D eigenvalue weighted by molar-refractivity contribution is 5.89. The van der Waals surface area contributed by atoms with Gasteiger partial charge >= 0.3 is 0 Å². The number of benzene rings is 1. The van der Waals surface area contributed by atoms with Crippen LogP contribution in [-0.4, -0.2) is 47.4 Å². The number of fused-ring (bicyclic) bond motifs is 2. The van der Waals surface area contributed by atoms with Crippen LogP contribution in [0, 0.1) is 5.92 Å². The Morgan fingerprint density at radius 3 is 3.12 bits per heavy atom. The van der Waals surface area contributed by atoms with Crippen molar-refractivity contribution in [3.05, 3.63) is 35.5 Å². The Kier molecular flexibility index (Phi) is 2.99. The minimum absolute atomic E-state index is 0.206. The van der Waals surface area contributed by atoms with Crippen LogP contribution in [0.5, 0.6) is 0 Å². The van der Waals surface area contributed by atoms with E-state index in [9.17, 15) is 4.79 Å². The summed E-state index contributed by atoms with van der Waals surface area (Å²) in [7, 11) is 0. The van der Waals surface area contributed by atoms with Crippen molar-refractivity contribution in [3.8, 4) is 0 Å². The Morgan fingerprint density at radius 1 is 1.42 bits per heavy atom. The smallest absolute Gasteiger partial charge is 0.210 e. The van der Waals surface area contributed by atoms with Gasteiger partial charge in [0.2, 0.25) is 6.41 Å². The summed E-state index contributed by atoms with van der Waals surface area (Å²) in [5, 5.41) is 1.35. The largest absolute Gasteiger partial charge is 0.478 e. The van der Waals surface area contributed by atoms with E-state index in [-0.39, 0.29) is 18.0 Å². The molecule has 1 aromatic carbocycles. The quantitative estimate of drug-likeness (QED) is 0.863. The predicted molar refractivity (Wildman–Crippen MR) is 92.3 cm³/mol. The molecule has 0 radical (unpaired) electrons. The zero-order valence-corrected chi connectivity index (χ0v) is 13.7. The number of rotatable bonds is 2. The second-order valence-corrected chi connectivity index (χ2v) is 7.32. The van der Waals surface area contributed by atoms with Gasteiger partial charge < -0.3 is 14.6 Å². The molecule has 5 heteroatoms. The third kappa shape index (κ3) is 1.93. The summed E-state index contributed by atoms with van der Waals surface area (Å²) in [5.41, 5.74) is 3.89. The first-order valence-electron chi connectivity index (χ1n) is 8.75. The molecule has 1 aromatic heterocycles. The van der Waals surface area contributed by atoms with Crippen molar-refractivity contribution < 1.29 is 9.53 Å². The number of likely N-dealkylation sites (tertiary alicyclic amines) is 1. The normalized spacial score (nSPS) is 31.5. The van der Waals surface area contributed by atoms with E-state index in [2.05, 4.69) is 41.3 Å². The van der Waals surface area contributed by atoms with Gasteiger partial charge in [-0.3, -0.25) is 4.79 Å². The van der Waals surface area contributed by atoms with Crippen molar-refractivity contribution >= 4 is 23.2 Å². The molecule has 24 heavy (non-hydrogen) atoms. The number of aromatic nitrogens is 1. The molecule has 4 atom stereocenters. The standard InChI is InChI=1S/C19H21N3O2/c1-11-9-24-19(21-11)13-5-15-14-3-2-4-16-18(14)12(7-20-16)6-17(15)22(8-13)10-23/h2-4,7,10-11,13,15,17,20H,5-6,8-9H2,1H3/t11-,13?,15-,17-/m1/s1. The van der Waals surface area contributed by atoms with Crippen molar-refractivity contribution in [1.82, 2.24) is 9.88 Å². The molecule has 0 bridgehead atoms.